The number of ether oxygens (including phenoxy) is 1. The number of esters is 1. The summed E-state index contributed by atoms with van der Waals surface area (Å²) in [6, 6.07) is 18.6. The van der Waals surface area contributed by atoms with E-state index in [9.17, 15) is 18.0 Å². The second-order valence-electron chi connectivity index (χ2n) is 8.01. The number of benzene rings is 2. The second-order valence-corrected chi connectivity index (χ2v) is 10.1. The van der Waals surface area contributed by atoms with Gasteiger partial charge in [0.25, 0.3) is 0 Å². The van der Waals surface area contributed by atoms with Gasteiger partial charge in [0.15, 0.2) is 15.3 Å². The van der Waals surface area contributed by atoms with Crippen LogP contribution in [0.15, 0.2) is 76.4 Å². The minimum atomic E-state index is -3.61. The quantitative estimate of drug-likeness (QED) is 0.395. The largest absolute Gasteiger partial charge is 0.464 e. The van der Waals surface area contributed by atoms with Gasteiger partial charge in [-0.3, -0.25) is 9.36 Å². The number of aliphatic hydroxyl groups is 1. The Bertz CT molecular complexity index is 1560. The van der Waals surface area contributed by atoms with E-state index in [4.69, 9.17) is 9.84 Å². The number of carbonyl (C=O) groups is 1. The lowest BCUT2D eigenvalue weighted by Crippen LogP contribution is -2.25. The van der Waals surface area contributed by atoms with E-state index in [1.54, 1.807) is 35.8 Å². The third-order valence-electron chi connectivity index (χ3n) is 5.67. The predicted octanol–water partition coefficient (Wildman–Crippen LogP) is 2.84. The summed E-state index contributed by atoms with van der Waals surface area (Å²) in [7, 11) is -2.36. The molecule has 2 heterocycles. The zero-order valence-corrected chi connectivity index (χ0v) is 20.1. The number of methoxy groups -OCH3 is 1. The fourth-order valence-electron chi connectivity index (χ4n) is 3.96. The summed E-state index contributed by atoms with van der Waals surface area (Å²) in [6.45, 7) is 1.33. The number of aromatic nitrogens is 2. The lowest BCUT2D eigenvalue weighted by Gasteiger charge is -2.19. The molecule has 8 nitrogen and oxygen atoms in total. The first kappa shape index (κ1) is 24.3. The first-order chi connectivity index (χ1) is 16.8. The third kappa shape index (κ3) is 4.73. The van der Waals surface area contributed by atoms with Gasteiger partial charge in [0.1, 0.15) is 11.3 Å². The molecule has 0 aliphatic carbocycles. The molecule has 0 spiro atoms. The van der Waals surface area contributed by atoms with Gasteiger partial charge < -0.3 is 9.84 Å². The number of rotatable bonds is 7. The first-order valence-corrected chi connectivity index (χ1v) is 12.5. The van der Waals surface area contributed by atoms with E-state index in [0.29, 0.717) is 28.0 Å². The van der Waals surface area contributed by atoms with E-state index >= 15 is 0 Å². The Kier molecular flexibility index (Phi) is 6.81. The van der Waals surface area contributed by atoms with Gasteiger partial charge >= 0.3 is 5.97 Å². The van der Waals surface area contributed by atoms with Crippen molar-refractivity contribution in [1.29, 1.82) is 0 Å². The molecule has 2 aromatic heterocycles. The standard InChI is InChI=1S/C26H24N2O6S/c1-17-8-13-21-24(30)22(16-18-9-11-20(12-10-18)35(32,33)15-14-29)23(26(31)34-2)28(25(21)27-17)19-6-4-3-5-7-19/h3-13,29H,14-16H2,1-2H3. The predicted molar refractivity (Wildman–Crippen MR) is 132 cm³/mol. The molecule has 2 aromatic carbocycles. The number of carbonyl (C=O) groups excluding carboxylic acids is 1. The molecule has 4 rings (SSSR count). The zero-order valence-electron chi connectivity index (χ0n) is 19.3. The van der Waals surface area contributed by atoms with Gasteiger partial charge in [-0.1, -0.05) is 30.3 Å². The Labute approximate surface area is 202 Å². The van der Waals surface area contributed by atoms with Gasteiger partial charge in [0, 0.05) is 23.4 Å². The fourth-order valence-corrected chi connectivity index (χ4v) is 4.99. The van der Waals surface area contributed by atoms with Crippen LogP contribution in [0.4, 0.5) is 0 Å². The van der Waals surface area contributed by atoms with E-state index in [0.717, 1.165) is 0 Å². The number of pyridine rings is 2. The number of nitrogens with zero attached hydrogens (tertiary/aromatic N) is 2. The van der Waals surface area contributed by atoms with Crippen molar-refractivity contribution in [2.75, 3.05) is 19.5 Å². The van der Waals surface area contributed by atoms with Crippen LogP contribution in [0.3, 0.4) is 0 Å². The minimum absolute atomic E-state index is 0.0614. The highest BCUT2D eigenvalue weighted by atomic mass is 32.2. The molecular formula is C26H24N2O6S. The molecule has 0 saturated carbocycles. The van der Waals surface area contributed by atoms with Crippen LogP contribution >= 0.6 is 0 Å². The molecule has 0 aliphatic heterocycles. The van der Waals surface area contributed by atoms with Crippen LogP contribution in [0.5, 0.6) is 0 Å². The lowest BCUT2D eigenvalue weighted by molar-refractivity contribution is 0.0590. The third-order valence-corrected chi connectivity index (χ3v) is 7.38. The molecule has 180 valence electrons. The van der Waals surface area contributed by atoms with Gasteiger partial charge in [-0.05, 0) is 48.9 Å². The maximum atomic E-state index is 13.6. The number of hydrogen-bond donors (Lipinski definition) is 1. The summed E-state index contributed by atoms with van der Waals surface area (Å²) in [4.78, 5) is 31.3. The molecule has 0 aliphatic rings. The van der Waals surface area contributed by atoms with E-state index in [1.165, 1.54) is 19.2 Å². The Morgan fingerprint density at radius 1 is 1.03 bits per heavy atom. The van der Waals surface area contributed by atoms with E-state index in [-0.39, 0.29) is 33.8 Å². The molecule has 1 N–H and O–H groups in total. The normalized spacial score (nSPS) is 11.5. The molecule has 35 heavy (non-hydrogen) atoms. The van der Waals surface area contributed by atoms with Crippen LogP contribution in [0, 0.1) is 6.92 Å². The van der Waals surface area contributed by atoms with Crippen molar-refractivity contribution in [3.8, 4) is 5.69 Å². The summed E-state index contributed by atoms with van der Waals surface area (Å²) in [5.41, 5.74) is 2.23. The van der Waals surface area contributed by atoms with Crippen molar-refractivity contribution < 1.29 is 23.1 Å². The van der Waals surface area contributed by atoms with Gasteiger partial charge in [0.2, 0.25) is 0 Å². The highest BCUT2D eigenvalue weighted by Gasteiger charge is 2.25. The maximum absolute atomic E-state index is 13.6. The van der Waals surface area contributed by atoms with E-state index in [2.05, 4.69) is 4.98 Å². The zero-order chi connectivity index (χ0) is 25.2. The molecular weight excluding hydrogens is 468 g/mol. The second kappa shape index (κ2) is 9.81. The number of aryl methyl sites for hydroxylation is 1. The Morgan fingerprint density at radius 3 is 2.34 bits per heavy atom. The van der Waals surface area contributed by atoms with Crippen LogP contribution in [0.1, 0.15) is 27.3 Å². The molecule has 9 heteroatoms. The van der Waals surface area contributed by atoms with Crippen molar-refractivity contribution in [3.05, 3.63) is 99.5 Å². The average molecular weight is 493 g/mol. The number of fused-ring (bicyclic) bond motifs is 1. The van der Waals surface area contributed by atoms with Gasteiger partial charge in [-0.25, -0.2) is 18.2 Å². The number of aliphatic hydroxyl groups excluding tert-OH is 1. The summed E-state index contributed by atoms with van der Waals surface area (Å²) in [6.07, 6.45) is 0.0697. The SMILES string of the molecule is COC(=O)c1c(Cc2ccc(S(=O)(=O)CCO)cc2)c(=O)c2ccc(C)nc2n1-c1ccccc1. The molecule has 0 atom stereocenters. The molecule has 0 unspecified atom stereocenters. The molecule has 0 bridgehead atoms. The maximum Gasteiger partial charge on any atom is 0.355 e. The minimum Gasteiger partial charge on any atom is -0.464 e. The van der Waals surface area contributed by atoms with E-state index in [1.807, 2.05) is 30.3 Å². The van der Waals surface area contributed by atoms with Crippen LogP contribution in [-0.2, 0) is 21.0 Å². The van der Waals surface area contributed by atoms with Gasteiger partial charge in [-0.15, -0.1) is 0 Å². The topological polar surface area (TPSA) is 116 Å². The smallest absolute Gasteiger partial charge is 0.355 e. The lowest BCUT2D eigenvalue weighted by atomic mass is 10.00. The average Bonchev–Trinajstić information content (AvgIpc) is 2.85. The van der Waals surface area contributed by atoms with Crippen molar-refractivity contribution in [2.45, 2.75) is 18.2 Å². The summed E-state index contributed by atoms with van der Waals surface area (Å²) in [5.74, 6) is -1.06. The van der Waals surface area contributed by atoms with Crippen LogP contribution < -0.4 is 5.43 Å². The first-order valence-electron chi connectivity index (χ1n) is 10.9. The summed E-state index contributed by atoms with van der Waals surface area (Å²) < 4.78 is 31.2. The monoisotopic (exact) mass is 492 g/mol. The van der Waals surface area contributed by atoms with Crippen LogP contribution in [-0.4, -0.2) is 48.5 Å². The molecule has 4 aromatic rings. The molecule has 0 amide bonds. The Hall–Kier alpha value is -3.82. The Balaban J connectivity index is 1.96. The van der Waals surface area contributed by atoms with Crippen molar-refractivity contribution in [3.63, 3.8) is 0 Å². The van der Waals surface area contributed by atoms with Gasteiger partial charge in [-0.2, -0.15) is 0 Å². The van der Waals surface area contributed by atoms with Crippen molar-refractivity contribution >= 4 is 26.8 Å². The van der Waals surface area contributed by atoms with Crippen molar-refractivity contribution in [1.82, 2.24) is 9.55 Å². The molecule has 0 saturated heterocycles. The Morgan fingerprint density at radius 2 is 1.71 bits per heavy atom. The van der Waals surface area contributed by atoms with Crippen molar-refractivity contribution in [2.24, 2.45) is 0 Å². The summed E-state index contributed by atoms with van der Waals surface area (Å²) >= 11 is 0. The van der Waals surface area contributed by atoms with Crippen LogP contribution in [0.25, 0.3) is 16.7 Å². The number of hydrogen-bond acceptors (Lipinski definition) is 7. The number of para-hydroxylation sites is 1. The highest BCUT2D eigenvalue weighted by molar-refractivity contribution is 7.91. The molecule has 0 radical (unpaired) electrons. The number of sulfone groups is 1. The highest BCUT2D eigenvalue weighted by Crippen LogP contribution is 2.24. The van der Waals surface area contributed by atoms with Gasteiger partial charge in [0.05, 0.1) is 29.8 Å². The van der Waals surface area contributed by atoms with E-state index < -0.39 is 22.4 Å². The molecule has 0 fully saturated rings. The summed E-state index contributed by atoms with van der Waals surface area (Å²) in [5, 5.41) is 9.36. The van der Waals surface area contributed by atoms with Crippen LogP contribution in [0.2, 0.25) is 0 Å². The fraction of sp³-hybridized carbons (Fsp3) is 0.192.